The van der Waals surface area contributed by atoms with E-state index in [4.69, 9.17) is 5.11 Å². The summed E-state index contributed by atoms with van der Waals surface area (Å²) in [6.07, 6.45) is 8.92. The van der Waals surface area contributed by atoms with Crippen molar-refractivity contribution >= 4 is 33.3 Å². The number of amides is 1. The van der Waals surface area contributed by atoms with Gasteiger partial charge in [-0.15, -0.1) is 11.3 Å². The molecule has 3 saturated carbocycles. The molecule has 3 fully saturated rings. The lowest BCUT2D eigenvalue weighted by Crippen LogP contribution is -2.61. The summed E-state index contributed by atoms with van der Waals surface area (Å²) in [6.45, 7) is 4.67. The molecule has 1 heterocycles. The highest BCUT2D eigenvalue weighted by Crippen LogP contribution is 2.62. The monoisotopic (exact) mass is 443 g/mol. The van der Waals surface area contributed by atoms with Gasteiger partial charge in [0.15, 0.2) is 0 Å². The number of carboxylic acid groups (broad SMARTS) is 1. The highest BCUT2D eigenvalue weighted by molar-refractivity contribution is 7.17. The molecule has 1 aromatic heterocycles. The van der Waals surface area contributed by atoms with Gasteiger partial charge in [-0.2, -0.15) is 0 Å². The van der Waals surface area contributed by atoms with Gasteiger partial charge in [0.1, 0.15) is 5.82 Å². The van der Waals surface area contributed by atoms with Crippen LogP contribution in [0, 0.1) is 29.0 Å². The second kappa shape index (κ2) is 8.73. The predicted octanol–water partition coefficient (Wildman–Crippen LogP) is 6.02. The number of allylic oxidation sites excluding steroid dienone is 2. The first-order valence-electron chi connectivity index (χ1n) is 11.1. The lowest BCUT2D eigenvalue weighted by Gasteiger charge is -2.62. The van der Waals surface area contributed by atoms with Gasteiger partial charge in [-0.1, -0.05) is 26.0 Å². The van der Waals surface area contributed by atoms with Gasteiger partial charge in [-0.3, -0.25) is 9.59 Å². The Bertz CT molecular complexity index is 1010. The molecular weight excluding hydrogens is 413 g/mol. The maximum absolute atomic E-state index is 13.7. The van der Waals surface area contributed by atoms with Crippen LogP contribution in [0.15, 0.2) is 35.7 Å². The zero-order valence-electron chi connectivity index (χ0n) is 18.1. The lowest BCUT2D eigenvalue weighted by atomic mass is 9.44. The molecule has 2 aromatic rings. The number of thiophene rings is 1. The summed E-state index contributed by atoms with van der Waals surface area (Å²) < 4.78 is 14.6. The van der Waals surface area contributed by atoms with E-state index < -0.39 is 5.97 Å². The number of hydrogen-bond acceptors (Lipinski definition) is 3. The molecule has 2 N–H and O–H groups in total. The first-order valence-corrected chi connectivity index (χ1v) is 12.0. The standard InChI is InChI=1S/C25H30FNO3S/c1-25(2)15-11-20(25)17(7-5-3-4-6-8-23(28)29)21(12-15)27-24(30)19-14-31-22-10-9-16(26)13-18(19)22/h3,5,9-10,13-15,17,20-21H,4,6-8,11-12H2,1-2H3,(H,27,30)(H,28,29)/b5-3-/t15-,17-,20+,21+/m0/s1. The maximum atomic E-state index is 13.7. The summed E-state index contributed by atoms with van der Waals surface area (Å²) in [5, 5.41) is 14.6. The summed E-state index contributed by atoms with van der Waals surface area (Å²) in [5.74, 6) is 0.350. The van der Waals surface area contributed by atoms with Crippen molar-refractivity contribution in [1.82, 2.24) is 5.32 Å². The Hall–Kier alpha value is -2.21. The topological polar surface area (TPSA) is 66.4 Å². The Morgan fingerprint density at radius 1 is 1.29 bits per heavy atom. The van der Waals surface area contributed by atoms with Gasteiger partial charge >= 0.3 is 5.97 Å². The Labute approximate surface area is 186 Å². The van der Waals surface area contributed by atoms with E-state index in [-0.39, 0.29) is 24.2 Å². The summed E-state index contributed by atoms with van der Waals surface area (Å²) in [4.78, 5) is 23.8. The number of hydrogen-bond donors (Lipinski definition) is 2. The van der Waals surface area contributed by atoms with Crippen molar-refractivity contribution in [2.24, 2.45) is 23.2 Å². The molecule has 0 spiro atoms. The second-order valence-corrected chi connectivity index (χ2v) is 10.5. The van der Waals surface area contributed by atoms with Crippen LogP contribution in [0.3, 0.4) is 0 Å². The fourth-order valence-electron chi connectivity index (χ4n) is 5.60. The molecule has 4 atom stereocenters. The van der Waals surface area contributed by atoms with E-state index >= 15 is 0 Å². The molecule has 31 heavy (non-hydrogen) atoms. The molecular formula is C25H30FNO3S. The van der Waals surface area contributed by atoms with Crippen molar-refractivity contribution in [2.75, 3.05) is 0 Å². The van der Waals surface area contributed by atoms with E-state index in [1.165, 1.54) is 29.9 Å². The maximum Gasteiger partial charge on any atom is 0.303 e. The zero-order chi connectivity index (χ0) is 22.2. The quantitative estimate of drug-likeness (QED) is 0.387. The molecule has 4 nitrogen and oxygen atoms in total. The van der Waals surface area contributed by atoms with Crippen LogP contribution in [-0.4, -0.2) is 23.0 Å². The number of fused-ring (bicyclic) bond motifs is 3. The fourth-order valence-corrected chi connectivity index (χ4v) is 6.53. The average Bonchev–Trinajstić information content (AvgIpc) is 3.13. The number of nitrogens with one attached hydrogen (secondary N) is 1. The number of rotatable bonds is 8. The largest absolute Gasteiger partial charge is 0.481 e. The molecule has 3 aliphatic rings. The van der Waals surface area contributed by atoms with Crippen molar-refractivity contribution in [1.29, 1.82) is 0 Å². The average molecular weight is 444 g/mol. The van der Waals surface area contributed by atoms with Crippen LogP contribution in [-0.2, 0) is 4.79 Å². The van der Waals surface area contributed by atoms with Gasteiger partial charge in [-0.05, 0) is 73.5 Å². The number of carbonyl (C=O) groups is 2. The summed E-state index contributed by atoms with van der Waals surface area (Å²) in [6, 6.07) is 4.70. The van der Waals surface area contributed by atoms with Crippen LogP contribution in [0.1, 0.15) is 62.7 Å². The van der Waals surface area contributed by atoms with Crippen molar-refractivity contribution in [2.45, 2.75) is 58.4 Å². The Morgan fingerprint density at radius 3 is 2.84 bits per heavy atom. The lowest BCUT2D eigenvalue weighted by molar-refractivity contribution is -0.137. The van der Waals surface area contributed by atoms with Crippen LogP contribution in [0.2, 0.25) is 0 Å². The molecule has 0 aliphatic heterocycles. The molecule has 2 bridgehead atoms. The third-order valence-corrected chi connectivity index (χ3v) is 8.51. The van der Waals surface area contributed by atoms with Crippen LogP contribution in [0.5, 0.6) is 0 Å². The molecule has 1 aromatic carbocycles. The number of carbonyl (C=O) groups excluding carboxylic acids is 1. The van der Waals surface area contributed by atoms with E-state index in [1.54, 1.807) is 6.07 Å². The molecule has 1 amide bonds. The van der Waals surface area contributed by atoms with Gasteiger partial charge in [0, 0.05) is 27.9 Å². The van der Waals surface area contributed by atoms with Crippen molar-refractivity contribution in [3.05, 3.63) is 47.1 Å². The van der Waals surface area contributed by atoms with E-state index in [0.717, 1.165) is 24.0 Å². The molecule has 0 saturated heterocycles. The molecule has 166 valence electrons. The number of carboxylic acids is 1. The smallest absolute Gasteiger partial charge is 0.303 e. The van der Waals surface area contributed by atoms with E-state index in [9.17, 15) is 14.0 Å². The normalized spacial score (nSPS) is 26.7. The Kier molecular flexibility index (Phi) is 6.20. The number of unbranched alkanes of at least 4 members (excludes halogenated alkanes) is 1. The summed E-state index contributed by atoms with van der Waals surface area (Å²) >= 11 is 1.47. The van der Waals surface area contributed by atoms with Gasteiger partial charge in [-0.25, -0.2) is 4.39 Å². The second-order valence-electron chi connectivity index (χ2n) is 9.62. The molecule has 6 heteroatoms. The molecule has 0 unspecified atom stereocenters. The predicted molar refractivity (Wildman–Crippen MR) is 122 cm³/mol. The van der Waals surface area contributed by atoms with Gasteiger partial charge in [0.05, 0.1) is 5.56 Å². The highest BCUT2D eigenvalue weighted by atomic mass is 32.1. The first-order chi connectivity index (χ1) is 14.8. The van der Waals surface area contributed by atoms with Crippen LogP contribution < -0.4 is 5.32 Å². The minimum atomic E-state index is -0.758. The van der Waals surface area contributed by atoms with Crippen molar-refractivity contribution < 1.29 is 19.1 Å². The highest BCUT2D eigenvalue weighted by Gasteiger charge is 2.57. The minimum Gasteiger partial charge on any atom is -0.481 e. The third kappa shape index (κ3) is 4.40. The van der Waals surface area contributed by atoms with Gasteiger partial charge < -0.3 is 10.4 Å². The minimum absolute atomic E-state index is 0.108. The SMILES string of the molecule is CC1(C)[C@H]2C[C@@H]1[C@H](C/C=C\CCCC(=O)O)[C@H](NC(=O)c1csc3ccc(F)cc13)C2. The van der Waals surface area contributed by atoms with Gasteiger partial charge in [0.2, 0.25) is 0 Å². The number of halogens is 1. The van der Waals surface area contributed by atoms with Crippen molar-refractivity contribution in [3.8, 4) is 0 Å². The summed E-state index contributed by atoms with van der Waals surface area (Å²) in [5.41, 5.74) is 0.849. The number of benzene rings is 1. The zero-order valence-corrected chi connectivity index (χ0v) is 18.9. The molecule has 0 radical (unpaired) electrons. The van der Waals surface area contributed by atoms with E-state index in [0.29, 0.717) is 40.5 Å². The van der Waals surface area contributed by atoms with E-state index in [2.05, 4.69) is 31.3 Å². The number of aliphatic carboxylic acids is 1. The molecule has 5 rings (SSSR count). The van der Waals surface area contributed by atoms with Crippen LogP contribution >= 0.6 is 11.3 Å². The Morgan fingerprint density at radius 2 is 2.10 bits per heavy atom. The van der Waals surface area contributed by atoms with Gasteiger partial charge in [0.25, 0.3) is 5.91 Å². The first kappa shape index (κ1) is 22.0. The van der Waals surface area contributed by atoms with Crippen LogP contribution in [0.25, 0.3) is 10.1 Å². The molecule has 3 aliphatic carbocycles. The van der Waals surface area contributed by atoms with Crippen molar-refractivity contribution in [3.63, 3.8) is 0 Å². The fraction of sp³-hybridized carbons (Fsp3) is 0.520. The van der Waals surface area contributed by atoms with E-state index in [1.807, 2.05) is 5.38 Å². The summed E-state index contributed by atoms with van der Waals surface area (Å²) in [7, 11) is 0. The Balaban J connectivity index is 1.45. The van der Waals surface area contributed by atoms with Crippen LogP contribution in [0.4, 0.5) is 4.39 Å². The third-order valence-electron chi connectivity index (χ3n) is 7.55.